The molecule has 2 aliphatic carbocycles. The van der Waals surface area contributed by atoms with Gasteiger partial charge in [-0.15, -0.1) is 0 Å². The second kappa shape index (κ2) is 16.2. The molecule has 2 aromatic carbocycles. The van der Waals surface area contributed by atoms with Crippen molar-refractivity contribution in [3.05, 3.63) is 72.6 Å². The predicted octanol–water partition coefficient (Wildman–Crippen LogP) is 7.11. The van der Waals surface area contributed by atoms with E-state index in [9.17, 15) is 29.4 Å². The van der Waals surface area contributed by atoms with E-state index in [2.05, 4.69) is 69.1 Å². The zero-order valence-electron chi connectivity index (χ0n) is 31.5. The maximum atomic E-state index is 13.7. The monoisotopic (exact) mass is 762 g/mol. The second-order valence-corrected chi connectivity index (χ2v) is 15.8. The van der Waals surface area contributed by atoms with Gasteiger partial charge in [0, 0.05) is 25.2 Å². The number of carbonyl (C=O) groups excluding carboxylic acids is 2. The van der Waals surface area contributed by atoms with E-state index in [4.69, 9.17) is 9.97 Å². The first-order valence-corrected chi connectivity index (χ1v) is 20.1. The molecule has 4 aromatic rings. The van der Waals surface area contributed by atoms with Crippen molar-refractivity contribution in [2.45, 2.75) is 101 Å². The minimum absolute atomic E-state index is 0.0148. The lowest BCUT2D eigenvalue weighted by Crippen LogP contribution is -2.49. The molecule has 4 heterocycles. The van der Waals surface area contributed by atoms with Crippen molar-refractivity contribution in [2.75, 3.05) is 13.1 Å². The third-order valence-corrected chi connectivity index (χ3v) is 12.4. The number of rotatable bonds is 9. The number of benzene rings is 2. The Hall–Kier alpha value is -5.66. The van der Waals surface area contributed by atoms with E-state index in [-0.39, 0.29) is 47.8 Å². The van der Waals surface area contributed by atoms with Gasteiger partial charge < -0.3 is 40.6 Å². The Labute approximate surface area is 325 Å². The first-order valence-electron chi connectivity index (χ1n) is 20.1. The number of amides is 4. The highest BCUT2D eigenvalue weighted by Gasteiger charge is 2.41. The molecule has 4 aliphatic rings. The highest BCUT2D eigenvalue weighted by molar-refractivity contribution is 5.82. The van der Waals surface area contributed by atoms with E-state index in [0.29, 0.717) is 38.8 Å². The molecule has 2 aromatic heterocycles. The summed E-state index contributed by atoms with van der Waals surface area (Å²) in [7, 11) is 0. The van der Waals surface area contributed by atoms with Crippen molar-refractivity contribution < 1.29 is 29.4 Å². The van der Waals surface area contributed by atoms with Gasteiger partial charge in [0.15, 0.2) is 0 Å². The summed E-state index contributed by atoms with van der Waals surface area (Å²) in [5.41, 5.74) is 5.84. The number of likely N-dealkylation sites (tertiary alicyclic amines) is 2. The van der Waals surface area contributed by atoms with Crippen molar-refractivity contribution in [3.63, 3.8) is 0 Å². The van der Waals surface area contributed by atoms with Crippen LogP contribution in [0.1, 0.15) is 101 Å². The molecule has 2 unspecified atom stereocenters. The fourth-order valence-electron chi connectivity index (χ4n) is 9.56. The summed E-state index contributed by atoms with van der Waals surface area (Å²) >= 11 is 0. The van der Waals surface area contributed by atoms with Crippen LogP contribution in [0, 0.1) is 11.8 Å². The van der Waals surface area contributed by atoms with Gasteiger partial charge in [-0.25, -0.2) is 19.6 Å². The summed E-state index contributed by atoms with van der Waals surface area (Å²) in [6.07, 6.45) is 11.3. The normalized spacial score (nSPS) is 25.2. The van der Waals surface area contributed by atoms with Crippen LogP contribution in [0.5, 0.6) is 0 Å². The molecule has 2 saturated carbocycles. The van der Waals surface area contributed by atoms with Crippen molar-refractivity contribution in [2.24, 2.45) is 11.8 Å². The summed E-state index contributed by atoms with van der Waals surface area (Å²) < 4.78 is 0. The minimum atomic E-state index is -1.08. The molecule has 6 atom stereocenters. The van der Waals surface area contributed by atoms with Crippen LogP contribution in [0.25, 0.3) is 33.6 Å². The lowest BCUT2D eigenvalue weighted by molar-refractivity contribution is -0.139. The molecule has 14 nitrogen and oxygen atoms in total. The van der Waals surface area contributed by atoms with Gasteiger partial charge in [0.05, 0.1) is 47.7 Å². The molecule has 0 spiro atoms. The molecular weight excluding hydrogens is 713 g/mol. The number of nitrogens with one attached hydrogen (secondary N) is 4. The van der Waals surface area contributed by atoms with Crippen molar-refractivity contribution >= 4 is 24.0 Å². The van der Waals surface area contributed by atoms with Gasteiger partial charge >= 0.3 is 12.2 Å². The fraction of sp³-hybridized carbons (Fsp3) is 0.476. The molecule has 0 radical (unpaired) electrons. The molecule has 56 heavy (non-hydrogen) atoms. The number of carboxylic acid groups (broad SMARTS) is 2. The SMILES string of the molecule is O=C(O)N[C@@H]1CCCC[C@@H]1C(=O)N1CCCC1c1ncc(-c2ccc(-c3ccc(-c4cnc(C5CCCN5C(=O)[C@H]5CCCC[C@H]5NC(=O)O)[nH]4)cc3)cc2)[nH]1. The Morgan fingerprint density at radius 1 is 0.536 bits per heavy atom. The molecule has 6 N–H and O–H groups in total. The third kappa shape index (κ3) is 7.74. The van der Waals surface area contributed by atoms with Crippen LogP contribution in [-0.2, 0) is 9.59 Å². The van der Waals surface area contributed by atoms with Crippen LogP contribution >= 0.6 is 0 Å². The van der Waals surface area contributed by atoms with Gasteiger partial charge in [-0.1, -0.05) is 74.2 Å². The number of carbonyl (C=O) groups is 4. The Morgan fingerprint density at radius 3 is 1.30 bits per heavy atom. The number of H-pyrrole nitrogens is 2. The van der Waals surface area contributed by atoms with Gasteiger partial charge in [-0.2, -0.15) is 0 Å². The van der Waals surface area contributed by atoms with E-state index in [1.165, 1.54) is 0 Å². The number of hydrogen-bond acceptors (Lipinski definition) is 6. The Morgan fingerprint density at radius 2 is 0.911 bits per heavy atom. The molecular formula is C42H50N8O6. The molecule has 2 saturated heterocycles. The minimum Gasteiger partial charge on any atom is -0.465 e. The van der Waals surface area contributed by atoms with Crippen LogP contribution in [-0.4, -0.2) is 89.1 Å². The Kier molecular flexibility index (Phi) is 10.8. The van der Waals surface area contributed by atoms with Crippen molar-refractivity contribution in [1.29, 1.82) is 0 Å². The van der Waals surface area contributed by atoms with Crippen LogP contribution in [0.3, 0.4) is 0 Å². The average molecular weight is 763 g/mol. The second-order valence-electron chi connectivity index (χ2n) is 15.8. The molecule has 14 heteroatoms. The van der Waals surface area contributed by atoms with Gasteiger partial charge in [-0.3, -0.25) is 9.59 Å². The van der Waals surface area contributed by atoms with E-state index in [0.717, 1.165) is 96.7 Å². The summed E-state index contributed by atoms with van der Waals surface area (Å²) in [5.74, 6) is 0.843. The lowest BCUT2D eigenvalue weighted by atomic mass is 9.83. The van der Waals surface area contributed by atoms with Crippen LogP contribution in [0.2, 0.25) is 0 Å². The van der Waals surface area contributed by atoms with E-state index in [1.54, 1.807) is 0 Å². The smallest absolute Gasteiger partial charge is 0.404 e. The third-order valence-electron chi connectivity index (χ3n) is 12.4. The molecule has 0 bridgehead atoms. The molecule has 2 aliphatic heterocycles. The predicted molar refractivity (Wildman–Crippen MR) is 208 cm³/mol. The van der Waals surface area contributed by atoms with Gasteiger partial charge in [0.1, 0.15) is 11.6 Å². The summed E-state index contributed by atoms with van der Waals surface area (Å²) in [6, 6.07) is 15.5. The first-order chi connectivity index (χ1) is 27.2. The number of imidazole rings is 2. The quantitative estimate of drug-likeness (QED) is 0.104. The molecule has 294 valence electrons. The summed E-state index contributed by atoms with van der Waals surface area (Å²) in [6.45, 7) is 1.28. The number of nitrogens with zero attached hydrogens (tertiary/aromatic N) is 4. The van der Waals surface area contributed by atoms with Gasteiger partial charge in [-0.05, 0) is 73.6 Å². The number of aromatic amines is 2. The molecule has 4 amide bonds. The van der Waals surface area contributed by atoms with Gasteiger partial charge in [0.25, 0.3) is 0 Å². The van der Waals surface area contributed by atoms with Crippen LogP contribution in [0.15, 0.2) is 60.9 Å². The Bertz CT molecular complexity index is 1900. The van der Waals surface area contributed by atoms with Crippen LogP contribution < -0.4 is 10.6 Å². The lowest BCUT2D eigenvalue weighted by Gasteiger charge is -2.35. The van der Waals surface area contributed by atoms with E-state index >= 15 is 0 Å². The maximum Gasteiger partial charge on any atom is 0.404 e. The van der Waals surface area contributed by atoms with Crippen molar-refractivity contribution in [3.8, 4) is 33.6 Å². The molecule has 4 fully saturated rings. The van der Waals surface area contributed by atoms with E-state index < -0.39 is 12.2 Å². The number of aromatic nitrogens is 4. The fourth-order valence-corrected chi connectivity index (χ4v) is 9.56. The largest absolute Gasteiger partial charge is 0.465 e. The Balaban J connectivity index is 0.907. The maximum absolute atomic E-state index is 13.7. The number of hydrogen-bond donors (Lipinski definition) is 6. The topological polar surface area (TPSA) is 197 Å². The first kappa shape index (κ1) is 37.3. The van der Waals surface area contributed by atoms with E-state index in [1.807, 2.05) is 22.2 Å². The summed E-state index contributed by atoms with van der Waals surface area (Å²) in [4.78, 5) is 70.4. The average Bonchev–Trinajstić information content (AvgIpc) is 4.05. The zero-order chi connectivity index (χ0) is 38.8. The zero-order valence-corrected chi connectivity index (χ0v) is 31.5. The molecule has 8 rings (SSSR count). The highest BCUT2D eigenvalue weighted by Crippen LogP contribution is 2.38. The summed E-state index contributed by atoms with van der Waals surface area (Å²) in [5, 5.41) is 23.8. The standard InChI is InChI=1S/C42H50N8O6/c51-39(29-7-1-3-9-31(29)47-41(53)54)49-21-5-11-35(49)37-43-23-33(45-37)27-17-13-25(14-18-27)26-15-19-28(20-16-26)34-24-44-38(46-34)36-12-6-22-50(36)40(52)30-8-2-4-10-32(30)48-42(55)56/h13-20,23-24,29-32,35-36,47-48H,1-12,21-22H2,(H,43,45)(H,44,46)(H,53,54)(H,55,56)/t29-,30-,31+,32+,35?,36?/m0/s1. The van der Waals surface area contributed by atoms with Crippen molar-refractivity contribution in [1.82, 2.24) is 40.4 Å². The van der Waals surface area contributed by atoms with Gasteiger partial charge in [0.2, 0.25) is 11.8 Å². The van der Waals surface area contributed by atoms with Crippen LogP contribution in [0.4, 0.5) is 9.59 Å². The highest BCUT2D eigenvalue weighted by atomic mass is 16.4.